The third-order valence-electron chi connectivity index (χ3n) is 6.05. The molecule has 4 aromatic carbocycles. The van der Waals surface area contributed by atoms with Crippen LogP contribution in [0, 0.1) is 17.5 Å². The Labute approximate surface area is 221 Å². The molecule has 0 aliphatic heterocycles. The number of benzene rings is 4. The Balaban J connectivity index is 1.41. The van der Waals surface area contributed by atoms with Crippen molar-refractivity contribution < 1.29 is 27.4 Å². The highest BCUT2D eigenvalue weighted by molar-refractivity contribution is 5.72. The predicted octanol–water partition coefficient (Wildman–Crippen LogP) is 8.98. The van der Waals surface area contributed by atoms with Crippen LogP contribution in [-0.4, -0.2) is 13.2 Å². The van der Waals surface area contributed by atoms with Crippen LogP contribution in [0.1, 0.15) is 38.7 Å². The van der Waals surface area contributed by atoms with Crippen LogP contribution in [0.25, 0.3) is 22.3 Å². The Morgan fingerprint density at radius 2 is 1.18 bits per heavy atom. The largest absolute Gasteiger partial charge is 0.494 e. The van der Waals surface area contributed by atoms with Gasteiger partial charge < -0.3 is 14.2 Å². The van der Waals surface area contributed by atoms with E-state index < -0.39 is 17.5 Å². The average Bonchev–Trinajstić information content (AvgIpc) is 2.94. The summed E-state index contributed by atoms with van der Waals surface area (Å²) >= 11 is 0. The Bertz CT molecular complexity index is 1340. The summed E-state index contributed by atoms with van der Waals surface area (Å²) < 4.78 is 61.0. The lowest BCUT2D eigenvalue weighted by Gasteiger charge is -2.12. The lowest BCUT2D eigenvalue weighted by Crippen LogP contribution is -2.00. The fourth-order valence-electron chi connectivity index (χ4n) is 3.91. The first kappa shape index (κ1) is 27.1. The maximum Gasteiger partial charge on any atom is 0.168 e. The van der Waals surface area contributed by atoms with E-state index in [1.54, 1.807) is 72.8 Å². The van der Waals surface area contributed by atoms with Crippen molar-refractivity contribution in [2.45, 2.75) is 39.7 Å². The van der Waals surface area contributed by atoms with Crippen LogP contribution in [0.15, 0.2) is 78.9 Å². The van der Waals surface area contributed by atoms with Gasteiger partial charge in [-0.3, -0.25) is 0 Å². The van der Waals surface area contributed by atoms with Gasteiger partial charge in [0.05, 0.1) is 13.2 Å². The van der Waals surface area contributed by atoms with Gasteiger partial charge in [0.25, 0.3) is 0 Å². The van der Waals surface area contributed by atoms with Crippen molar-refractivity contribution in [2.75, 3.05) is 13.2 Å². The molecule has 0 bridgehead atoms. The minimum Gasteiger partial charge on any atom is -0.494 e. The van der Waals surface area contributed by atoms with Gasteiger partial charge in [0.15, 0.2) is 23.2 Å². The summed E-state index contributed by atoms with van der Waals surface area (Å²) in [5.74, 6) is -1.02. The van der Waals surface area contributed by atoms with Gasteiger partial charge in [-0.05, 0) is 53.8 Å². The highest BCUT2D eigenvalue weighted by atomic mass is 19.2. The maximum atomic E-state index is 15.0. The summed E-state index contributed by atoms with van der Waals surface area (Å²) in [4.78, 5) is 0. The number of hydrogen-bond donors (Lipinski definition) is 0. The van der Waals surface area contributed by atoms with Crippen LogP contribution in [0.2, 0.25) is 0 Å². The van der Waals surface area contributed by atoms with Crippen molar-refractivity contribution >= 4 is 0 Å². The van der Waals surface area contributed by atoms with Gasteiger partial charge in [-0.25, -0.2) is 13.2 Å². The van der Waals surface area contributed by atoms with Crippen molar-refractivity contribution in [2.24, 2.45) is 0 Å². The smallest absolute Gasteiger partial charge is 0.168 e. The third kappa shape index (κ3) is 6.68. The first-order valence-electron chi connectivity index (χ1n) is 12.9. The van der Waals surface area contributed by atoms with E-state index in [-0.39, 0.29) is 23.5 Å². The molecule has 4 rings (SSSR count). The van der Waals surface area contributed by atoms with E-state index in [0.717, 1.165) is 24.8 Å². The molecule has 0 aliphatic carbocycles. The first-order valence-corrected chi connectivity index (χ1v) is 12.9. The van der Waals surface area contributed by atoms with E-state index in [1.165, 1.54) is 6.07 Å². The van der Waals surface area contributed by atoms with E-state index in [2.05, 4.69) is 0 Å². The van der Waals surface area contributed by atoms with Crippen LogP contribution in [0.5, 0.6) is 17.2 Å². The van der Waals surface area contributed by atoms with Crippen LogP contribution < -0.4 is 14.2 Å². The SMILES string of the molecule is CCCCOc1ccc(OCc2ccc(-c3ccc(-c4ccc(OCCC)cc4)c(F)c3F)cc2)cc1F. The molecule has 0 saturated heterocycles. The molecule has 0 spiro atoms. The summed E-state index contributed by atoms with van der Waals surface area (Å²) in [5.41, 5.74) is 2.27. The van der Waals surface area contributed by atoms with Gasteiger partial charge in [0.2, 0.25) is 0 Å². The number of unbranched alkanes of at least 4 members (excludes halogenated alkanes) is 1. The average molecular weight is 521 g/mol. The van der Waals surface area contributed by atoms with Gasteiger partial charge >= 0.3 is 0 Å². The predicted molar refractivity (Wildman–Crippen MR) is 144 cm³/mol. The Kier molecular flexibility index (Phi) is 9.30. The number of halogens is 3. The van der Waals surface area contributed by atoms with E-state index in [9.17, 15) is 4.39 Å². The van der Waals surface area contributed by atoms with Gasteiger partial charge in [0.1, 0.15) is 18.1 Å². The molecule has 0 fully saturated rings. The Hall–Kier alpha value is -3.93. The third-order valence-corrected chi connectivity index (χ3v) is 6.05. The molecular formula is C32H31F3O3. The first-order chi connectivity index (χ1) is 18.5. The monoisotopic (exact) mass is 520 g/mol. The Morgan fingerprint density at radius 1 is 0.579 bits per heavy atom. The normalized spacial score (nSPS) is 10.9. The molecule has 0 atom stereocenters. The minimum atomic E-state index is -0.908. The second kappa shape index (κ2) is 13.0. The van der Waals surface area contributed by atoms with E-state index in [1.807, 2.05) is 13.8 Å². The standard InChI is InChI=1S/C32H31F3O3/c1-3-5-19-37-30-17-14-26(20-29(30)33)38-21-22-6-8-23(9-7-22)27-15-16-28(32(35)31(27)34)24-10-12-25(13-11-24)36-18-4-2/h6-17,20H,3-5,18-19,21H2,1-2H3. The molecule has 198 valence electrons. The lowest BCUT2D eigenvalue weighted by molar-refractivity contribution is 0.286. The molecule has 0 N–H and O–H groups in total. The summed E-state index contributed by atoms with van der Waals surface area (Å²) in [6.07, 6.45) is 2.72. The zero-order chi connectivity index (χ0) is 26.9. The van der Waals surface area contributed by atoms with E-state index >= 15 is 8.78 Å². The molecule has 0 aromatic heterocycles. The second-order valence-electron chi connectivity index (χ2n) is 8.94. The molecule has 0 saturated carbocycles. The summed E-state index contributed by atoms with van der Waals surface area (Å²) in [6.45, 7) is 5.32. The van der Waals surface area contributed by atoms with Crippen LogP contribution in [0.3, 0.4) is 0 Å². The fourth-order valence-corrected chi connectivity index (χ4v) is 3.91. The molecule has 3 nitrogen and oxygen atoms in total. The second-order valence-corrected chi connectivity index (χ2v) is 8.94. The molecule has 0 aliphatic rings. The number of ether oxygens (including phenoxy) is 3. The van der Waals surface area contributed by atoms with Crippen molar-refractivity contribution in [3.05, 3.63) is 102 Å². The number of rotatable bonds is 12. The van der Waals surface area contributed by atoms with Gasteiger partial charge in [-0.1, -0.05) is 68.8 Å². The summed E-state index contributed by atoms with van der Waals surface area (Å²) in [7, 11) is 0. The highest BCUT2D eigenvalue weighted by Crippen LogP contribution is 2.32. The van der Waals surface area contributed by atoms with Gasteiger partial charge in [-0.2, -0.15) is 0 Å². The molecule has 6 heteroatoms. The molecular weight excluding hydrogens is 489 g/mol. The molecule has 0 heterocycles. The van der Waals surface area contributed by atoms with E-state index in [0.29, 0.717) is 35.8 Å². The van der Waals surface area contributed by atoms with Crippen LogP contribution in [0.4, 0.5) is 13.2 Å². The Morgan fingerprint density at radius 3 is 1.76 bits per heavy atom. The van der Waals surface area contributed by atoms with Crippen molar-refractivity contribution in [3.63, 3.8) is 0 Å². The van der Waals surface area contributed by atoms with Crippen molar-refractivity contribution in [1.82, 2.24) is 0 Å². The summed E-state index contributed by atoms with van der Waals surface area (Å²) in [5, 5.41) is 0. The van der Waals surface area contributed by atoms with Crippen LogP contribution >= 0.6 is 0 Å². The zero-order valence-corrected chi connectivity index (χ0v) is 21.6. The quantitative estimate of drug-likeness (QED) is 0.175. The minimum absolute atomic E-state index is 0.169. The molecule has 0 radical (unpaired) electrons. The highest BCUT2D eigenvalue weighted by Gasteiger charge is 2.16. The topological polar surface area (TPSA) is 27.7 Å². The van der Waals surface area contributed by atoms with Gasteiger partial charge in [-0.15, -0.1) is 0 Å². The van der Waals surface area contributed by atoms with Crippen LogP contribution in [-0.2, 0) is 6.61 Å². The molecule has 0 unspecified atom stereocenters. The number of hydrogen-bond acceptors (Lipinski definition) is 3. The zero-order valence-electron chi connectivity index (χ0n) is 21.6. The van der Waals surface area contributed by atoms with E-state index in [4.69, 9.17) is 14.2 Å². The fraction of sp³-hybridized carbons (Fsp3) is 0.250. The summed E-state index contributed by atoms with van der Waals surface area (Å²) in [6, 6.07) is 21.6. The molecule has 4 aromatic rings. The molecule has 0 amide bonds. The van der Waals surface area contributed by atoms with Gasteiger partial charge in [0, 0.05) is 17.2 Å². The maximum absolute atomic E-state index is 15.0. The lowest BCUT2D eigenvalue weighted by atomic mass is 9.98. The molecule has 38 heavy (non-hydrogen) atoms. The van der Waals surface area contributed by atoms with Crippen molar-refractivity contribution in [1.29, 1.82) is 0 Å². The van der Waals surface area contributed by atoms with Crippen molar-refractivity contribution in [3.8, 4) is 39.5 Å².